The summed E-state index contributed by atoms with van der Waals surface area (Å²) in [4.78, 5) is 3.64. The zero-order valence-corrected chi connectivity index (χ0v) is 17.7. The van der Waals surface area contributed by atoms with Crippen LogP contribution in [0.15, 0.2) is 60.8 Å². The molecule has 0 saturated carbocycles. The summed E-state index contributed by atoms with van der Waals surface area (Å²) in [7, 11) is 0. The van der Waals surface area contributed by atoms with E-state index < -0.39 is 11.7 Å². The number of benzene rings is 2. The predicted molar refractivity (Wildman–Crippen MR) is 112 cm³/mol. The number of hydrogen-bond acceptors (Lipinski definition) is 4. The molecular formula is C22H18Cl2F3NO3. The Morgan fingerprint density at radius 2 is 1.52 bits per heavy atom. The van der Waals surface area contributed by atoms with E-state index in [0.717, 1.165) is 17.8 Å². The minimum Gasteiger partial charge on any atom is -0.490 e. The fourth-order valence-corrected chi connectivity index (χ4v) is 3.12. The Bertz CT molecular complexity index is 961. The van der Waals surface area contributed by atoms with E-state index in [0.29, 0.717) is 34.6 Å². The smallest absolute Gasteiger partial charge is 0.417 e. The maximum atomic E-state index is 12.5. The molecule has 0 aliphatic rings. The molecule has 1 aromatic heterocycles. The number of halogens is 5. The topological polar surface area (TPSA) is 40.6 Å². The second-order valence-corrected chi connectivity index (χ2v) is 7.24. The van der Waals surface area contributed by atoms with Crippen LogP contribution in [-0.2, 0) is 12.8 Å². The molecule has 0 amide bonds. The van der Waals surface area contributed by atoms with Gasteiger partial charge in [0.15, 0.2) is 5.75 Å². The Hall–Kier alpha value is -2.64. The van der Waals surface area contributed by atoms with Gasteiger partial charge in [-0.05, 0) is 11.6 Å². The molecule has 1 heterocycles. The lowest BCUT2D eigenvalue weighted by atomic mass is 10.2. The zero-order valence-electron chi connectivity index (χ0n) is 16.2. The Kier molecular flexibility index (Phi) is 7.87. The van der Waals surface area contributed by atoms with Crippen molar-refractivity contribution >= 4 is 23.2 Å². The monoisotopic (exact) mass is 471 g/mol. The van der Waals surface area contributed by atoms with Gasteiger partial charge in [-0.2, -0.15) is 13.2 Å². The minimum absolute atomic E-state index is 0.101. The number of hydrogen-bond donors (Lipinski definition) is 0. The predicted octanol–water partition coefficient (Wildman–Crippen LogP) is 6.83. The van der Waals surface area contributed by atoms with Crippen molar-refractivity contribution in [1.29, 1.82) is 0 Å². The van der Waals surface area contributed by atoms with Crippen LogP contribution in [0.25, 0.3) is 0 Å². The fourth-order valence-electron chi connectivity index (χ4n) is 2.54. The van der Waals surface area contributed by atoms with Crippen LogP contribution in [-0.4, -0.2) is 18.2 Å². The maximum Gasteiger partial charge on any atom is 0.417 e. The number of pyridine rings is 1. The molecule has 9 heteroatoms. The van der Waals surface area contributed by atoms with Crippen LogP contribution in [0.5, 0.6) is 17.4 Å². The van der Waals surface area contributed by atoms with Gasteiger partial charge in [-0.25, -0.2) is 4.98 Å². The highest BCUT2D eigenvalue weighted by Crippen LogP contribution is 2.37. The standard InChI is InChI=1S/C22H18Cl2F3NO3/c23-18-11-17(31-14-15-5-2-1-3-6-15)12-19(24)21(18)30-10-4-9-29-20-8-7-16(13-28-20)22(25,26)27/h1-3,5-8,11-13H,4,9-10,14H2. The molecule has 0 bridgehead atoms. The SMILES string of the molecule is FC(F)(F)c1ccc(OCCCOc2c(Cl)cc(OCc3ccccc3)cc2Cl)nc1. The summed E-state index contributed by atoms with van der Waals surface area (Å²) >= 11 is 12.5. The first kappa shape index (κ1) is 23.0. The third kappa shape index (κ3) is 6.94. The van der Waals surface area contributed by atoms with Gasteiger partial charge in [0.05, 0.1) is 28.8 Å². The molecule has 4 nitrogen and oxygen atoms in total. The first-order valence-electron chi connectivity index (χ1n) is 9.27. The fraction of sp³-hybridized carbons (Fsp3) is 0.227. The summed E-state index contributed by atoms with van der Waals surface area (Å²) in [6.07, 6.45) is -3.26. The van der Waals surface area contributed by atoms with Crippen molar-refractivity contribution in [2.45, 2.75) is 19.2 Å². The number of ether oxygens (including phenoxy) is 3. The highest BCUT2D eigenvalue weighted by Gasteiger charge is 2.30. The first-order valence-corrected chi connectivity index (χ1v) is 10.0. The van der Waals surface area contributed by atoms with Crippen LogP contribution in [0.3, 0.4) is 0 Å². The molecule has 2 aromatic carbocycles. The highest BCUT2D eigenvalue weighted by atomic mass is 35.5. The first-order chi connectivity index (χ1) is 14.8. The number of aromatic nitrogens is 1. The van der Waals surface area contributed by atoms with E-state index >= 15 is 0 Å². The summed E-state index contributed by atoms with van der Waals surface area (Å²) < 4.78 is 54.2. The van der Waals surface area contributed by atoms with Crippen molar-refractivity contribution in [2.24, 2.45) is 0 Å². The Morgan fingerprint density at radius 1 is 0.839 bits per heavy atom. The molecule has 164 valence electrons. The van der Waals surface area contributed by atoms with Crippen molar-refractivity contribution < 1.29 is 27.4 Å². The molecule has 0 spiro atoms. The van der Waals surface area contributed by atoms with Gasteiger partial charge in [-0.1, -0.05) is 53.5 Å². The summed E-state index contributed by atoms with van der Waals surface area (Å²) in [6.45, 7) is 0.819. The molecule has 0 atom stereocenters. The zero-order chi connectivity index (χ0) is 22.3. The summed E-state index contributed by atoms with van der Waals surface area (Å²) in [5.41, 5.74) is 0.182. The highest BCUT2D eigenvalue weighted by molar-refractivity contribution is 6.37. The third-order valence-electron chi connectivity index (χ3n) is 4.07. The van der Waals surface area contributed by atoms with Crippen molar-refractivity contribution in [1.82, 2.24) is 4.98 Å². The molecule has 31 heavy (non-hydrogen) atoms. The van der Waals surface area contributed by atoms with Gasteiger partial charge in [-0.3, -0.25) is 0 Å². The van der Waals surface area contributed by atoms with E-state index in [-0.39, 0.29) is 19.1 Å². The number of nitrogens with zero attached hydrogens (tertiary/aromatic N) is 1. The van der Waals surface area contributed by atoms with Crippen LogP contribution in [0.2, 0.25) is 10.0 Å². The Morgan fingerprint density at radius 3 is 2.13 bits per heavy atom. The lowest BCUT2D eigenvalue weighted by Crippen LogP contribution is -2.08. The van der Waals surface area contributed by atoms with Gasteiger partial charge in [0, 0.05) is 30.8 Å². The van der Waals surface area contributed by atoms with Gasteiger partial charge in [-0.15, -0.1) is 0 Å². The van der Waals surface area contributed by atoms with E-state index in [4.69, 9.17) is 37.4 Å². The second-order valence-electron chi connectivity index (χ2n) is 6.42. The van der Waals surface area contributed by atoms with Crippen LogP contribution >= 0.6 is 23.2 Å². The molecule has 0 radical (unpaired) electrons. The lowest BCUT2D eigenvalue weighted by Gasteiger charge is -2.13. The molecule has 0 aliphatic heterocycles. The molecule has 0 N–H and O–H groups in total. The maximum absolute atomic E-state index is 12.5. The third-order valence-corrected chi connectivity index (χ3v) is 4.63. The van der Waals surface area contributed by atoms with Gasteiger partial charge < -0.3 is 14.2 Å². The molecule has 0 aliphatic carbocycles. The quantitative estimate of drug-likeness (QED) is 0.320. The van der Waals surface area contributed by atoms with Crippen molar-refractivity contribution in [3.63, 3.8) is 0 Å². The van der Waals surface area contributed by atoms with E-state index in [1.807, 2.05) is 30.3 Å². The normalized spacial score (nSPS) is 11.3. The van der Waals surface area contributed by atoms with Crippen molar-refractivity contribution in [3.8, 4) is 17.4 Å². The molecule has 0 saturated heterocycles. The summed E-state index contributed by atoms with van der Waals surface area (Å²) in [5.74, 6) is 0.940. The van der Waals surface area contributed by atoms with Gasteiger partial charge in [0.25, 0.3) is 0 Å². The molecule has 0 fully saturated rings. The van der Waals surface area contributed by atoms with E-state index in [1.165, 1.54) is 6.07 Å². The second kappa shape index (κ2) is 10.6. The summed E-state index contributed by atoms with van der Waals surface area (Å²) in [5, 5.41) is 0.613. The Labute approximate surface area is 187 Å². The largest absolute Gasteiger partial charge is 0.490 e. The average Bonchev–Trinajstić information content (AvgIpc) is 2.74. The van der Waals surface area contributed by atoms with Crippen LogP contribution in [0.4, 0.5) is 13.2 Å². The van der Waals surface area contributed by atoms with Gasteiger partial charge in [0.2, 0.25) is 5.88 Å². The minimum atomic E-state index is -4.43. The van der Waals surface area contributed by atoms with E-state index in [1.54, 1.807) is 12.1 Å². The molecule has 0 unspecified atom stereocenters. The lowest BCUT2D eigenvalue weighted by molar-refractivity contribution is -0.137. The Balaban J connectivity index is 1.45. The van der Waals surface area contributed by atoms with Crippen LogP contribution in [0.1, 0.15) is 17.5 Å². The van der Waals surface area contributed by atoms with Gasteiger partial charge >= 0.3 is 6.18 Å². The number of rotatable bonds is 9. The van der Waals surface area contributed by atoms with Crippen molar-refractivity contribution in [3.05, 3.63) is 82.0 Å². The van der Waals surface area contributed by atoms with Gasteiger partial charge in [0.1, 0.15) is 12.4 Å². The van der Waals surface area contributed by atoms with E-state index in [9.17, 15) is 13.2 Å². The van der Waals surface area contributed by atoms with E-state index in [2.05, 4.69) is 4.98 Å². The molecular weight excluding hydrogens is 454 g/mol. The van der Waals surface area contributed by atoms with Crippen LogP contribution in [0, 0.1) is 0 Å². The summed E-state index contributed by atoms with van der Waals surface area (Å²) in [6, 6.07) is 15.0. The average molecular weight is 472 g/mol. The molecule has 3 aromatic rings. The van der Waals surface area contributed by atoms with Crippen LogP contribution < -0.4 is 14.2 Å². The molecule has 3 rings (SSSR count). The van der Waals surface area contributed by atoms with Crippen molar-refractivity contribution in [2.75, 3.05) is 13.2 Å². The number of alkyl halides is 3.